The summed E-state index contributed by atoms with van der Waals surface area (Å²) in [5.41, 5.74) is 6.55. The highest BCUT2D eigenvalue weighted by Crippen LogP contribution is 2.47. The lowest BCUT2D eigenvalue weighted by Gasteiger charge is -2.26. The van der Waals surface area contributed by atoms with Crippen LogP contribution >= 0.6 is 22.6 Å². The van der Waals surface area contributed by atoms with E-state index in [-0.39, 0.29) is 23.5 Å². The summed E-state index contributed by atoms with van der Waals surface area (Å²) in [6.45, 7) is 8.51. The van der Waals surface area contributed by atoms with E-state index in [1.165, 1.54) is 0 Å². The molecule has 36 heavy (non-hydrogen) atoms. The SMILES string of the molecule is C[N+]1=C(C=CC=C2N(COS(=O)[O-])c3ccccc3C2(C)C)C(C)(C)c2cc(NC(=O)CI)ccc21. The largest absolute Gasteiger partial charge is 0.750 e. The zero-order valence-corrected chi connectivity index (χ0v) is 24.0. The Morgan fingerprint density at radius 1 is 1.17 bits per heavy atom. The second-order valence-electron chi connectivity index (χ2n) is 9.92. The number of para-hydroxylation sites is 1. The Kier molecular flexibility index (Phi) is 7.57. The normalized spacial score (nSPS) is 19.6. The molecule has 0 aliphatic carbocycles. The highest BCUT2D eigenvalue weighted by Gasteiger charge is 2.43. The topological polar surface area (TPSA) is 84.7 Å². The Labute approximate surface area is 228 Å². The van der Waals surface area contributed by atoms with Crippen molar-refractivity contribution in [3.63, 3.8) is 0 Å². The van der Waals surface area contributed by atoms with Crippen molar-refractivity contribution in [1.82, 2.24) is 0 Å². The number of carbonyl (C=O) groups excluding carboxylic acids is 1. The number of fused-ring (bicyclic) bond motifs is 2. The maximum atomic E-state index is 11.9. The predicted octanol–water partition coefficient (Wildman–Crippen LogP) is 5.07. The lowest BCUT2D eigenvalue weighted by Crippen LogP contribution is -2.29. The quantitative estimate of drug-likeness (QED) is 0.203. The molecule has 0 aromatic heterocycles. The van der Waals surface area contributed by atoms with Gasteiger partial charge in [0.1, 0.15) is 13.8 Å². The molecule has 7 nitrogen and oxygen atoms in total. The minimum absolute atomic E-state index is 0.0232. The lowest BCUT2D eigenvalue weighted by atomic mass is 9.81. The molecule has 0 fully saturated rings. The fraction of sp³-hybridized carbons (Fsp3) is 0.333. The van der Waals surface area contributed by atoms with Gasteiger partial charge >= 0.3 is 0 Å². The number of nitrogens with zero attached hydrogens (tertiary/aromatic N) is 2. The fourth-order valence-corrected chi connectivity index (χ4v) is 5.60. The van der Waals surface area contributed by atoms with Gasteiger partial charge in [0.05, 0.1) is 21.2 Å². The zero-order valence-electron chi connectivity index (χ0n) is 21.0. The number of hydrogen-bond donors (Lipinski definition) is 1. The smallest absolute Gasteiger partial charge is 0.234 e. The number of alkyl halides is 1. The third-order valence-electron chi connectivity index (χ3n) is 7.02. The van der Waals surface area contributed by atoms with Crippen molar-refractivity contribution in [3.05, 3.63) is 77.5 Å². The summed E-state index contributed by atoms with van der Waals surface area (Å²) in [5, 5.41) is 2.95. The Morgan fingerprint density at radius 3 is 2.58 bits per heavy atom. The molecule has 9 heteroatoms. The van der Waals surface area contributed by atoms with Crippen LogP contribution < -0.4 is 10.2 Å². The fourth-order valence-electron chi connectivity index (χ4n) is 5.21. The van der Waals surface area contributed by atoms with Crippen LogP contribution in [0.1, 0.15) is 38.8 Å². The molecule has 2 aromatic carbocycles. The van der Waals surface area contributed by atoms with Gasteiger partial charge in [-0.2, -0.15) is 4.58 Å². The molecule has 1 unspecified atom stereocenters. The van der Waals surface area contributed by atoms with Crippen LogP contribution in [0.15, 0.2) is 66.4 Å². The van der Waals surface area contributed by atoms with Gasteiger partial charge in [0.25, 0.3) is 0 Å². The van der Waals surface area contributed by atoms with E-state index in [9.17, 15) is 13.6 Å². The van der Waals surface area contributed by atoms with Gasteiger partial charge in [-0.1, -0.05) is 60.7 Å². The molecule has 4 rings (SSSR count). The van der Waals surface area contributed by atoms with Crippen LogP contribution in [0, 0.1) is 0 Å². The average Bonchev–Trinajstić information content (AvgIpc) is 3.16. The summed E-state index contributed by atoms with van der Waals surface area (Å²) in [6.07, 6.45) is 6.14. The molecule has 0 saturated carbocycles. The van der Waals surface area contributed by atoms with Crippen molar-refractivity contribution in [2.24, 2.45) is 0 Å². The van der Waals surface area contributed by atoms with E-state index in [2.05, 4.69) is 72.3 Å². The number of amides is 1. The molecule has 2 aromatic rings. The molecule has 0 bridgehead atoms. The van der Waals surface area contributed by atoms with Crippen LogP contribution in [0.3, 0.4) is 0 Å². The van der Waals surface area contributed by atoms with Gasteiger partial charge in [-0.25, -0.2) is 4.21 Å². The lowest BCUT2D eigenvalue weighted by molar-refractivity contribution is -0.401. The first-order valence-corrected chi connectivity index (χ1v) is 14.1. The standard InChI is InChI=1S/C27H30IN3O4S/c1-26(2)19-9-6-7-10-22(19)31(17-35-36(33)34)24(26)12-8-11-23-27(3,4)20-15-18(29-25(32)16-28)13-14-21(20)30(23)5/h6-15H,16-17H2,1-5H3,(H-,29,32,33,34). The summed E-state index contributed by atoms with van der Waals surface area (Å²) >= 11 is -0.552. The van der Waals surface area contributed by atoms with Crippen LogP contribution in [0.2, 0.25) is 0 Å². The second-order valence-corrected chi connectivity index (χ2v) is 11.3. The highest BCUT2D eigenvalue weighted by atomic mass is 127. The molecule has 190 valence electrons. The first-order chi connectivity index (χ1) is 17.0. The van der Waals surface area contributed by atoms with E-state index in [0.29, 0.717) is 4.43 Å². The summed E-state index contributed by atoms with van der Waals surface area (Å²) in [7, 11) is 2.04. The van der Waals surface area contributed by atoms with Crippen LogP contribution in [0.25, 0.3) is 0 Å². The Bertz CT molecular complexity index is 1330. The maximum absolute atomic E-state index is 11.9. The van der Waals surface area contributed by atoms with E-state index >= 15 is 0 Å². The van der Waals surface area contributed by atoms with Crippen LogP contribution in [-0.4, -0.2) is 43.2 Å². The molecule has 0 radical (unpaired) electrons. The number of carbonyl (C=O) groups is 1. The highest BCUT2D eigenvalue weighted by molar-refractivity contribution is 14.1. The van der Waals surface area contributed by atoms with Crippen LogP contribution in [0.4, 0.5) is 17.1 Å². The molecular formula is C27H30IN3O4S. The molecule has 2 aliphatic rings. The summed E-state index contributed by atoms with van der Waals surface area (Å²) in [6, 6.07) is 14.0. The molecule has 1 N–H and O–H groups in total. The van der Waals surface area contributed by atoms with E-state index in [0.717, 1.165) is 39.6 Å². The van der Waals surface area contributed by atoms with Crippen molar-refractivity contribution in [3.8, 4) is 0 Å². The van der Waals surface area contributed by atoms with Crippen molar-refractivity contribution in [2.45, 2.75) is 38.5 Å². The number of nitrogens with one attached hydrogen (secondary N) is 1. The Morgan fingerprint density at radius 2 is 1.89 bits per heavy atom. The number of anilines is 2. The molecule has 0 saturated heterocycles. The predicted molar refractivity (Wildman–Crippen MR) is 152 cm³/mol. The van der Waals surface area contributed by atoms with Crippen molar-refractivity contribution in [1.29, 1.82) is 0 Å². The van der Waals surface area contributed by atoms with Crippen LogP contribution in [-0.2, 0) is 31.2 Å². The maximum Gasteiger partial charge on any atom is 0.234 e. The van der Waals surface area contributed by atoms with Crippen molar-refractivity contribution < 1.29 is 22.3 Å². The van der Waals surface area contributed by atoms with Gasteiger partial charge in [-0.3, -0.25) is 8.98 Å². The Hall–Kier alpha value is -2.34. The third-order valence-corrected chi connectivity index (χ3v) is 8.01. The van der Waals surface area contributed by atoms with Crippen molar-refractivity contribution in [2.75, 3.05) is 28.4 Å². The number of rotatable bonds is 7. The third kappa shape index (κ3) is 4.81. The van der Waals surface area contributed by atoms with Gasteiger partial charge in [0.2, 0.25) is 11.6 Å². The van der Waals surface area contributed by atoms with Gasteiger partial charge in [-0.05, 0) is 43.7 Å². The summed E-state index contributed by atoms with van der Waals surface area (Å²) in [4.78, 5) is 13.8. The minimum atomic E-state index is -2.60. The number of benzene rings is 2. The second kappa shape index (κ2) is 10.2. The van der Waals surface area contributed by atoms with Crippen molar-refractivity contribution >= 4 is 62.6 Å². The monoisotopic (exact) mass is 619 g/mol. The van der Waals surface area contributed by atoms with E-state index in [1.807, 2.05) is 60.5 Å². The number of halogens is 1. The molecule has 2 heterocycles. The van der Waals surface area contributed by atoms with E-state index in [4.69, 9.17) is 4.18 Å². The first-order valence-electron chi connectivity index (χ1n) is 11.6. The summed E-state index contributed by atoms with van der Waals surface area (Å²) < 4.78 is 29.8. The zero-order chi connectivity index (χ0) is 26.3. The number of hydrogen-bond acceptors (Lipinski definition) is 5. The molecular weight excluding hydrogens is 589 g/mol. The van der Waals surface area contributed by atoms with E-state index in [1.54, 1.807) is 0 Å². The molecule has 0 spiro atoms. The molecule has 1 amide bonds. The van der Waals surface area contributed by atoms with Gasteiger partial charge in [0.15, 0.2) is 5.71 Å². The van der Waals surface area contributed by atoms with Gasteiger partial charge in [-0.15, -0.1) is 0 Å². The average molecular weight is 620 g/mol. The van der Waals surface area contributed by atoms with Gasteiger partial charge in [0, 0.05) is 40.2 Å². The molecule has 1 atom stereocenters. The van der Waals surface area contributed by atoms with Gasteiger partial charge < -0.3 is 14.8 Å². The first kappa shape index (κ1) is 26.7. The molecule has 2 aliphatic heterocycles. The van der Waals surface area contributed by atoms with Crippen LogP contribution in [0.5, 0.6) is 0 Å². The Balaban J connectivity index is 1.67. The van der Waals surface area contributed by atoms with E-state index < -0.39 is 11.4 Å². The minimum Gasteiger partial charge on any atom is -0.750 e. The summed E-state index contributed by atoms with van der Waals surface area (Å²) in [5.74, 6) is -0.0232. The number of allylic oxidation sites excluding steroid dienone is 4.